The van der Waals surface area contributed by atoms with Crippen LogP contribution in [0.25, 0.3) is 11.3 Å². The van der Waals surface area contributed by atoms with Gasteiger partial charge in [0, 0.05) is 12.1 Å². The Kier molecular flexibility index (Phi) is 4.64. The average molecular weight is 331 g/mol. The first kappa shape index (κ1) is 15.9. The van der Waals surface area contributed by atoms with Gasteiger partial charge in [-0.05, 0) is 25.1 Å². The smallest absolute Gasteiger partial charge is 0.342 e. The molecule has 0 unspecified atom stereocenters. The molecule has 0 bridgehead atoms. The predicted molar refractivity (Wildman–Crippen MR) is 84.0 cm³/mol. The van der Waals surface area contributed by atoms with Gasteiger partial charge >= 0.3 is 5.97 Å². The predicted octanol–water partition coefficient (Wildman–Crippen LogP) is 1.14. The van der Waals surface area contributed by atoms with Crippen LogP contribution < -0.4 is 14.8 Å². The molecule has 3 rings (SSSR count). The molecule has 1 aromatic heterocycles. The third-order valence-corrected chi connectivity index (χ3v) is 3.40. The first-order chi connectivity index (χ1) is 11.7. The van der Waals surface area contributed by atoms with Crippen LogP contribution in [0.4, 0.5) is 0 Å². The molecule has 2 heterocycles. The van der Waals surface area contributed by atoms with E-state index in [-0.39, 0.29) is 18.1 Å². The van der Waals surface area contributed by atoms with Crippen molar-refractivity contribution >= 4 is 11.9 Å². The van der Waals surface area contributed by atoms with E-state index in [2.05, 4.69) is 15.5 Å². The van der Waals surface area contributed by atoms with E-state index >= 15 is 0 Å². The number of rotatable bonds is 5. The number of H-pyrrole nitrogens is 1. The highest BCUT2D eigenvalue weighted by Gasteiger charge is 2.20. The molecule has 0 atom stereocenters. The molecule has 1 aliphatic rings. The fourth-order valence-corrected chi connectivity index (χ4v) is 2.32. The fraction of sp³-hybridized carbons (Fsp3) is 0.312. The average Bonchev–Trinajstić information content (AvgIpc) is 3.09. The summed E-state index contributed by atoms with van der Waals surface area (Å²) in [4.78, 5) is 23.6. The number of benzene rings is 1. The molecule has 8 heteroatoms. The van der Waals surface area contributed by atoms with Crippen LogP contribution in [0.15, 0.2) is 24.4 Å². The highest BCUT2D eigenvalue weighted by molar-refractivity contribution is 5.97. The Bertz CT molecular complexity index is 756. The molecule has 0 spiro atoms. The first-order valence-corrected chi connectivity index (χ1v) is 7.56. The summed E-state index contributed by atoms with van der Waals surface area (Å²) in [5.74, 6) is 0.287. The van der Waals surface area contributed by atoms with Crippen LogP contribution >= 0.6 is 0 Å². The monoisotopic (exact) mass is 331 g/mol. The van der Waals surface area contributed by atoms with Crippen molar-refractivity contribution in [3.8, 4) is 22.8 Å². The van der Waals surface area contributed by atoms with Crippen molar-refractivity contribution in [3.63, 3.8) is 0 Å². The summed E-state index contributed by atoms with van der Waals surface area (Å²) in [6.45, 7) is 2.91. The SMILES string of the molecule is CCNC(=O)COC(=O)c1cn[nH]c1-c1ccc2c(c1)OCCO2. The van der Waals surface area contributed by atoms with Crippen molar-refractivity contribution in [2.45, 2.75) is 6.92 Å². The minimum Gasteiger partial charge on any atom is -0.486 e. The fourth-order valence-electron chi connectivity index (χ4n) is 2.32. The minimum atomic E-state index is -0.625. The molecule has 8 nitrogen and oxygen atoms in total. The van der Waals surface area contributed by atoms with Crippen LogP contribution in [0.3, 0.4) is 0 Å². The van der Waals surface area contributed by atoms with Crippen LogP contribution in [-0.2, 0) is 9.53 Å². The van der Waals surface area contributed by atoms with Crippen molar-refractivity contribution in [3.05, 3.63) is 30.0 Å². The van der Waals surface area contributed by atoms with E-state index in [1.54, 1.807) is 25.1 Å². The van der Waals surface area contributed by atoms with Gasteiger partial charge < -0.3 is 19.5 Å². The van der Waals surface area contributed by atoms with Gasteiger partial charge in [-0.15, -0.1) is 0 Å². The lowest BCUT2D eigenvalue weighted by atomic mass is 10.1. The largest absolute Gasteiger partial charge is 0.486 e. The number of carbonyl (C=O) groups is 2. The molecule has 126 valence electrons. The number of amides is 1. The Morgan fingerprint density at radius 3 is 2.88 bits per heavy atom. The Hall–Kier alpha value is -3.03. The number of aromatic nitrogens is 2. The second-order valence-electron chi connectivity index (χ2n) is 5.05. The zero-order chi connectivity index (χ0) is 16.9. The summed E-state index contributed by atoms with van der Waals surface area (Å²) in [6.07, 6.45) is 1.37. The zero-order valence-corrected chi connectivity index (χ0v) is 13.1. The van der Waals surface area contributed by atoms with E-state index in [9.17, 15) is 9.59 Å². The highest BCUT2D eigenvalue weighted by atomic mass is 16.6. The second-order valence-corrected chi connectivity index (χ2v) is 5.05. The first-order valence-electron chi connectivity index (χ1n) is 7.56. The number of nitrogens with zero attached hydrogens (tertiary/aromatic N) is 1. The number of hydrogen-bond acceptors (Lipinski definition) is 6. The molecule has 0 aliphatic carbocycles. The van der Waals surface area contributed by atoms with Gasteiger partial charge in [-0.2, -0.15) is 5.10 Å². The quantitative estimate of drug-likeness (QED) is 0.797. The summed E-state index contributed by atoms with van der Waals surface area (Å²) in [5, 5.41) is 9.23. The molecular weight excluding hydrogens is 314 g/mol. The lowest BCUT2D eigenvalue weighted by Gasteiger charge is -2.18. The van der Waals surface area contributed by atoms with Gasteiger partial charge in [0.25, 0.3) is 5.91 Å². The number of fused-ring (bicyclic) bond motifs is 1. The van der Waals surface area contributed by atoms with Crippen molar-refractivity contribution in [2.75, 3.05) is 26.4 Å². The van der Waals surface area contributed by atoms with E-state index in [1.165, 1.54) is 6.20 Å². The van der Waals surface area contributed by atoms with Gasteiger partial charge in [0.15, 0.2) is 18.1 Å². The molecule has 2 N–H and O–H groups in total. The molecular formula is C16H17N3O5. The molecule has 1 aromatic carbocycles. The number of likely N-dealkylation sites (N-methyl/N-ethyl adjacent to an activating group) is 1. The van der Waals surface area contributed by atoms with Crippen LogP contribution in [0, 0.1) is 0 Å². The van der Waals surface area contributed by atoms with Crippen LogP contribution in [0.2, 0.25) is 0 Å². The third-order valence-electron chi connectivity index (χ3n) is 3.40. The van der Waals surface area contributed by atoms with Crippen LogP contribution in [-0.4, -0.2) is 48.4 Å². The van der Waals surface area contributed by atoms with Gasteiger partial charge in [-0.25, -0.2) is 4.79 Å². The second kappa shape index (κ2) is 7.03. The summed E-state index contributed by atoms with van der Waals surface area (Å²) >= 11 is 0. The van der Waals surface area contributed by atoms with Crippen molar-refractivity contribution in [2.24, 2.45) is 0 Å². The number of esters is 1. The zero-order valence-electron chi connectivity index (χ0n) is 13.1. The van der Waals surface area contributed by atoms with E-state index in [4.69, 9.17) is 14.2 Å². The molecule has 0 fully saturated rings. The Morgan fingerprint density at radius 1 is 1.29 bits per heavy atom. The van der Waals surface area contributed by atoms with Crippen molar-refractivity contribution in [1.82, 2.24) is 15.5 Å². The van der Waals surface area contributed by atoms with E-state index < -0.39 is 5.97 Å². The Balaban J connectivity index is 1.77. The van der Waals surface area contributed by atoms with Gasteiger partial charge in [-0.1, -0.05) is 0 Å². The third kappa shape index (κ3) is 3.32. The summed E-state index contributed by atoms with van der Waals surface area (Å²) in [5.41, 5.74) is 1.45. The van der Waals surface area contributed by atoms with Gasteiger partial charge in [0.2, 0.25) is 0 Å². The summed E-state index contributed by atoms with van der Waals surface area (Å²) in [6, 6.07) is 5.33. The molecule has 2 aromatic rings. The summed E-state index contributed by atoms with van der Waals surface area (Å²) in [7, 11) is 0. The Labute approximate surface area is 138 Å². The lowest BCUT2D eigenvalue weighted by molar-refractivity contribution is -0.124. The minimum absolute atomic E-state index is 0.246. The van der Waals surface area contributed by atoms with Crippen LogP contribution in [0.5, 0.6) is 11.5 Å². The lowest BCUT2D eigenvalue weighted by Crippen LogP contribution is -2.28. The molecule has 1 aliphatic heterocycles. The standard InChI is InChI=1S/C16H17N3O5/c1-2-17-14(20)9-24-16(21)11-8-18-19-15(11)10-3-4-12-13(7-10)23-6-5-22-12/h3-4,7-8H,2,5-6,9H2,1H3,(H,17,20)(H,18,19). The molecule has 1 amide bonds. The van der Waals surface area contributed by atoms with Gasteiger partial charge in [-0.3, -0.25) is 9.89 Å². The maximum absolute atomic E-state index is 12.2. The molecule has 0 saturated carbocycles. The van der Waals surface area contributed by atoms with E-state index in [0.717, 1.165) is 0 Å². The number of ether oxygens (including phenoxy) is 3. The molecule has 0 saturated heterocycles. The number of aromatic amines is 1. The van der Waals surface area contributed by atoms with Gasteiger partial charge in [0.05, 0.1) is 11.9 Å². The normalized spacial score (nSPS) is 12.5. The topological polar surface area (TPSA) is 103 Å². The van der Waals surface area contributed by atoms with Gasteiger partial charge in [0.1, 0.15) is 18.8 Å². The van der Waals surface area contributed by atoms with Crippen molar-refractivity contribution < 1.29 is 23.8 Å². The Morgan fingerprint density at radius 2 is 2.08 bits per heavy atom. The maximum Gasteiger partial charge on any atom is 0.342 e. The van der Waals surface area contributed by atoms with E-state index in [0.29, 0.717) is 42.5 Å². The number of hydrogen-bond donors (Lipinski definition) is 2. The highest BCUT2D eigenvalue weighted by Crippen LogP contribution is 2.34. The molecule has 24 heavy (non-hydrogen) atoms. The summed E-state index contributed by atoms with van der Waals surface area (Å²) < 4.78 is 16.0. The number of nitrogens with one attached hydrogen (secondary N) is 2. The molecule has 0 radical (unpaired) electrons. The van der Waals surface area contributed by atoms with Crippen LogP contribution in [0.1, 0.15) is 17.3 Å². The van der Waals surface area contributed by atoms with E-state index in [1.807, 2.05) is 0 Å². The maximum atomic E-state index is 12.2. The van der Waals surface area contributed by atoms with Crippen molar-refractivity contribution in [1.29, 1.82) is 0 Å². The number of carbonyl (C=O) groups excluding carboxylic acids is 2.